The van der Waals surface area contributed by atoms with Crippen LogP contribution in [0.1, 0.15) is 18.3 Å². The summed E-state index contributed by atoms with van der Waals surface area (Å²) < 4.78 is 9.90. The highest BCUT2D eigenvalue weighted by atomic mass is 16.5. The number of nitrogens with two attached hydrogens (primary N) is 1. The number of aromatic nitrogens is 5. The molecule has 172 valence electrons. The number of nitrogens with one attached hydrogen (secondary N) is 1. The van der Waals surface area contributed by atoms with Crippen LogP contribution in [0.25, 0.3) is 22.2 Å². The summed E-state index contributed by atoms with van der Waals surface area (Å²) in [6, 6.07) is 18.1. The number of aryl methyl sites for hydroxylation is 1. The quantitative estimate of drug-likeness (QED) is 0.276. The van der Waals surface area contributed by atoms with Crippen molar-refractivity contribution in [3.63, 3.8) is 0 Å². The monoisotopic (exact) mass is 456 g/mol. The van der Waals surface area contributed by atoms with Gasteiger partial charge >= 0.3 is 0 Å². The Balaban J connectivity index is 1.66. The van der Waals surface area contributed by atoms with Gasteiger partial charge in [0, 0.05) is 12.3 Å². The van der Waals surface area contributed by atoms with E-state index in [1.54, 1.807) is 19.4 Å². The van der Waals surface area contributed by atoms with Gasteiger partial charge in [-0.3, -0.25) is 9.69 Å². The molecule has 34 heavy (non-hydrogen) atoms. The lowest BCUT2D eigenvalue weighted by atomic mass is 10.2. The van der Waals surface area contributed by atoms with Gasteiger partial charge in [0.2, 0.25) is 6.41 Å². The van der Waals surface area contributed by atoms with E-state index in [1.165, 1.54) is 4.90 Å². The molecule has 5 rings (SSSR count). The van der Waals surface area contributed by atoms with Crippen LogP contribution in [0.15, 0.2) is 60.8 Å². The lowest BCUT2D eigenvalue weighted by Crippen LogP contribution is -2.41. The Kier molecular flexibility index (Phi) is 5.59. The number of nitrogens with zero attached hydrogens (tertiary/aromatic N) is 5. The molecule has 2 aromatic carbocycles. The number of imidazole rings is 1. The van der Waals surface area contributed by atoms with Gasteiger partial charge in [-0.05, 0) is 30.7 Å². The van der Waals surface area contributed by atoms with Crippen LogP contribution in [0.5, 0.6) is 5.75 Å². The lowest BCUT2D eigenvalue weighted by Gasteiger charge is -2.17. The molecule has 0 atom stereocenters. The SMILES string of the molecule is CCn1c(CN(C=O)c2nc3cc[nH]c3nc2N)[n+](Cc2ccccc2)c2ccc(OC)cc21. The van der Waals surface area contributed by atoms with Crippen molar-refractivity contribution in [2.45, 2.75) is 26.6 Å². The number of rotatable bonds is 8. The number of hydrogen-bond acceptors (Lipinski definition) is 5. The minimum atomic E-state index is 0.192. The number of H-pyrrole nitrogens is 1. The Bertz CT molecular complexity index is 1470. The fraction of sp³-hybridized carbons (Fsp3) is 0.200. The molecule has 3 N–H and O–H groups in total. The second-order valence-corrected chi connectivity index (χ2v) is 7.96. The summed E-state index contributed by atoms with van der Waals surface area (Å²) in [5.41, 5.74) is 10.7. The van der Waals surface area contributed by atoms with Crippen molar-refractivity contribution in [2.24, 2.45) is 0 Å². The number of carbonyl (C=O) groups is 1. The average Bonchev–Trinajstić information content (AvgIpc) is 3.43. The molecule has 0 saturated heterocycles. The molecule has 3 heterocycles. The highest BCUT2D eigenvalue weighted by molar-refractivity contribution is 5.84. The first-order valence-electron chi connectivity index (χ1n) is 11.1. The van der Waals surface area contributed by atoms with E-state index >= 15 is 0 Å². The van der Waals surface area contributed by atoms with Crippen LogP contribution in [-0.2, 0) is 24.4 Å². The zero-order valence-corrected chi connectivity index (χ0v) is 19.1. The van der Waals surface area contributed by atoms with Gasteiger partial charge in [0.15, 0.2) is 28.3 Å². The van der Waals surface area contributed by atoms with Crippen molar-refractivity contribution in [3.05, 3.63) is 72.2 Å². The zero-order chi connectivity index (χ0) is 23.7. The Morgan fingerprint density at radius 2 is 2.00 bits per heavy atom. The van der Waals surface area contributed by atoms with Crippen LogP contribution < -0.4 is 19.9 Å². The normalized spacial score (nSPS) is 11.2. The van der Waals surface area contributed by atoms with Gasteiger partial charge in [-0.15, -0.1) is 0 Å². The van der Waals surface area contributed by atoms with Crippen molar-refractivity contribution in [3.8, 4) is 5.75 Å². The maximum Gasteiger partial charge on any atom is 0.278 e. The standard InChI is InChI=1S/C25H26N7O2/c1-3-31-21-13-18(34-2)9-10-20(21)32(14-17-7-5-4-6-8-17)22(31)15-30(16-33)25-23(26)29-24-19(28-25)11-12-27-24/h4-13,16H,3,14-15H2,1-2H3,(H3,26,27,29)/q+1. The van der Waals surface area contributed by atoms with Gasteiger partial charge in [-0.2, -0.15) is 0 Å². The maximum atomic E-state index is 12.3. The molecule has 9 nitrogen and oxygen atoms in total. The van der Waals surface area contributed by atoms with Crippen LogP contribution >= 0.6 is 0 Å². The van der Waals surface area contributed by atoms with Crippen molar-refractivity contribution in [1.29, 1.82) is 0 Å². The lowest BCUT2D eigenvalue weighted by molar-refractivity contribution is -0.671. The number of fused-ring (bicyclic) bond motifs is 2. The Morgan fingerprint density at radius 1 is 1.18 bits per heavy atom. The Labute approximate surface area is 196 Å². The molecule has 3 aromatic heterocycles. The topological polar surface area (TPSA) is 106 Å². The fourth-order valence-corrected chi connectivity index (χ4v) is 4.36. The second kappa shape index (κ2) is 8.86. The third-order valence-electron chi connectivity index (χ3n) is 5.99. The predicted molar refractivity (Wildman–Crippen MR) is 130 cm³/mol. The number of carbonyl (C=O) groups excluding carboxylic acids is 1. The van der Waals surface area contributed by atoms with Crippen LogP contribution in [0, 0.1) is 0 Å². The van der Waals surface area contributed by atoms with E-state index in [-0.39, 0.29) is 12.4 Å². The third kappa shape index (κ3) is 3.71. The summed E-state index contributed by atoms with van der Waals surface area (Å²) in [6.07, 6.45) is 2.50. The number of amides is 1. The van der Waals surface area contributed by atoms with Gasteiger partial charge in [-0.25, -0.2) is 19.1 Å². The van der Waals surface area contributed by atoms with Gasteiger partial charge < -0.3 is 15.5 Å². The van der Waals surface area contributed by atoms with E-state index in [2.05, 4.69) is 49.2 Å². The summed E-state index contributed by atoms with van der Waals surface area (Å²) in [7, 11) is 1.66. The molecule has 9 heteroatoms. The van der Waals surface area contributed by atoms with Gasteiger partial charge in [-0.1, -0.05) is 30.3 Å². The molecular formula is C25H26N7O2+. The van der Waals surface area contributed by atoms with E-state index in [1.807, 2.05) is 30.3 Å². The number of ether oxygens (including phenoxy) is 1. The van der Waals surface area contributed by atoms with E-state index in [0.29, 0.717) is 30.1 Å². The molecule has 0 fully saturated rings. The van der Waals surface area contributed by atoms with E-state index in [0.717, 1.165) is 34.6 Å². The maximum absolute atomic E-state index is 12.3. The molecule has 0 aliphatic heterocycles. The number of aromatic amines is 1. The zero-order valence-electron chi connectivity index (χ0n) is 19.1. The summed E-state index contributed by atoms with van der Waals surface area (Å²) in [5, 5.41) is 0. The van der Waals surface area contributed by atoms with Gasteiger partial charge in [0.05, 0.1) is 13.7 Å². The molecule has 0 spiro atoms. The number of methoxy groups -OCH3 is 1. The van der Waals surface area contributed by atoms with Crippen LogP contribution in [-0.4, -0.2) is 33.0 Å². The summed E-state index contributed by atoms with van der Waals surface area (Å²) >= 11 is 0. The fourth-order valence-electron chi connectivity index (χ4n) is 4.36. The van der Waals surface area contributed by atoms with Crippen LogP contribution in [0.4, 0.5) is 11.6 Å². The molecule has 0 saturated carbocycles. The Hall–Kier alpha value is -4.40. The number of hydrogen-bond donors (Lipinski definition) is 2. The van der Waals surface area contributed by atoms with Crippen molar-refractivity contribution in [2.75, 3.05) is 17.7 Å². The first-order chi connectivity index (χ1) is 16.6. The molecule has 0 radical (unpaired) electrons. The van der Waals surface area contributed by atoms with E-state index < -0.39 is 0 Å². The first-order valence-corrected chi connectivity index (χ1v) is 11.1. The van der Waals surface area contributed by atoms with E-state index in [9.17, 15) is 4.79 Å². The summed E-state index contributed by atoms with van der Waals surface area (Å²) in [6.45, 7) is 3.72. The first kappa shape index (κ1) is 21.4. The average molecular weight is 457 g/mol. The van der Waals surface area contributed by atoms with Gasteiger partial charge in [0.1, 0.15) is 24.4 Å². The van der Waals surface area contributed by atoms with Crippen molar-refractivity contribution < 1.29 is 14.1 Å². The summed E-state index contributed by atoms with van der Waals surface area (Å²) in [5.74, 6) is 2.24. The molecule has 0 aliphatic rings. The highest BCUT2D eigenvalue weighted by Crippen LogP contribution is 2.25. The Morgan fingerprint density at radius 3 is 2.74 bits per heavy atom. The van der Waals surface area contributed by atoms with Crippen LogP contribution in [0.3, 0.4) is 0 Å². The van der Waals surface area contributed by atoms with Gasteiger partial charge in [0.25, 0.3) is 5.82 Å². The smallest absolute Gasteiger partial charge is 0.278 e. The molecule has 0 bridgehead atoms. The van der Waals surface area contributed by atoms with E-state index in [4.69, 9.17) is 10.5 Å². The van der Waals surface area contributed by atoms with Crippen molar-refractivity contribution in [1.82, 2.24) is 19.5 Å². The molecule has 0 unspecified atom stereocenters. The molecule has 1 amide bonds. The van der Waals surface area contributed by atoms with Crippen molar-refractivity contribution >= 4 is 40.2 Å². The predicted octanol–water partition coefficient (Wildman–Crippen LogP) is 3.02. The molecule has 0 aliphatic carbocycles. The third-order valence-corrected chi connectivity index (χ3v) is 5.99. The molecular weight excluding hydrogens is 430 g/mol. The number of nitrogen functional groups attached to an aromatic ring is 1. The minimum absolute atomic E-state index is 0.192. The number of benzene rings is 2. The summed E-state index contributed by atoms with van der Waals surface area (Å²) in [4.78, 5) is 25.7. The number of anilines is 2. The largest absolute Gasteiger partial charge is 0.497 e. The second-order valence-electron chi connectivity index (χ2n) is 7.96. The highest BCUT2D eigenvalue weighted by Gasteiger charge is 2.28. The minimum Gasteiger partial charge on any atom is -0.497 e. The van der Waals surface area contributed by atoms with Crippen LogP contribution in [0.2, 0.25) is 0 Å². The molecule has 5 aromatic rings.